The van der Waals surface area contributed by atoms with E-state index >= 15 is 0 Å². The lowest BCUT2D eigenvalue weighted by Gasteiger charge is -2.31. The molecule has 176 valence electrons. The van der Waals surface area contributed by atoms with Gasteiger partial charge in [-0.1, -0.05) is 11.6 Å². The summed E-state index contributed by atoms with van der Waals surface area (Å²) < 4.78 is 35.2. The lowest BCUT2D eigenvalue weighted by Crippen LogP contribution is -2.33. The summed E-state index contributed by atoms with van der Waals surface area (Å²) in [4.78, 5) is 11.1. The maximum Gasteiger partial charge on any atom is 0.325 e. The van der Waals surface area contributed by atoms with E-state index in [1.54, 1.807) is 30.5 Å². The Bertz CT molecular complexity index is 1380. The van der Waals surface area contributed by atoms with Gasteiger partial charge in [-0.3, -0.25) is 9.48 Å². The first-order valence-electron chi connectivity index (χ1n) is 10.4. The molecule has 1 heterocycles. The minimum atomic E-state index is -3.91. The largest absolute Gasteiger partial charge is 0.480 e. The Morgan fingerprint density at radius 3 is 2.71 bits per heavy atom. The SMILES string of the molecule is CN([C@@H]1CCCc2c1cnn2CC(=O)O)S(=O)(=O)c1ccc(Oc2ccc(C#N)cc2)c(Cl)c1. The lowest BCUT2D eigenvalue weighted by molar-refractivity contribution is -0.137. The van der Waals surface area contributed by atoms with Crippen LogP contribution in [0, 0.1) is 11.3 Å². The quantitative estimate of drug-likeness (QED) is 0.520. The zero-order valence-electron chi connectivity index (χ0n) is 18.2. The number of aromatic nitrogens is 2. The Balaban J connectivity index is 1.57. The summed E-state index contributed by atoms with van der Waals surface area (Å²) in [6.45, 7) is -0.269. The first-order chi connectivity index (χ1) is 16.2. The number of ether oxygens (including phenoxy) is 1. The average molecular weight is 501 g/mol. The van der Waals surface area contributed by atoms with Crippen LogP contribution in [0.5, 0.6) is 11.5 Å². The van der Waals surface area contributed by atoms with Gasteiger partial charge in [0.1, 0.15) is 18.0 Å². The van der Waals surface area contributed by atoms with Crippen LogP contribution in [0.3, 0.4) is 0 Å². The number of rotatable bonds is 7. The molecule has 34 heavy (non-hydrogen) atoms. The molecule has 0 saturated heterocycles. The molecular weight excluding hydrogens is 480 g/mol. The summed E-state index contributed by atoms with van der Waals surface area (Å²) in [6, 6.07) is 12.3. The zero-order chi connectivity index (χ0) is 24.5. The van der Waals surface area contributed by atoms with E-state index in [-0.39, 0.29) is 22.2 Å². The third-order valence-corrected chi connectivity index (χ3v) is 7.90. The van der Waals surface area contributed by atoms with Crippen molar-refractivity contribution in [3.8, 4) is 17.6 Å². The number of carboxylic acid groups (broad SMARTS) is 1. The van der Waals surface area contributed by atoms with E-state index in [4.69, 9.17) is 26.7 Å². The second-order valence-electron chi connectivity index (χ2n) is 7.86. The van der Waals surface area contributed by atoms with Crippen molar-refractivity contribution in [3.05, 3.63) is 70.5 Å². The van der Waals surface area contributed by atoms with Gasteiger partial charge in [-0.05, 0) is 61.7 Å². The molecule has 4 rings (SSSR count). The van der Waals surface area contributed by atoms with E-state index < -0.39 is 22.0 Å². The van der Waals surface area contributed by atoms with Gasteiger partial charge >= 0.3 is 5.97 Å². The van der Waals surface area contributed by atoms with Crippen molar-refractivity contribution in [2.75, 3.05) is 7.05 Å². The van der Waals surface area contributed by atoms with Crippen molar-refractivity contribution in [1.29, 1.82) is 5.26 Å². The van der Waals surface area contributed by atoms with Crippen LogP contribution in [0.15, 0.2) is 53.6 Å². The Morgan fingerprint density at radius 2 is 2.06 bits per heavy atom. The van der Waals surface area contributed by atoms with Crippen LogP contribution >= 0.6 is 11.6 Å². The number of carbonyl (C=O) groups is 1. The summed E-state index contributed by atoms with van der Waals surface area (Å²) in [5, 5.41) is 22.3. The normalized spacial score (nSPS) is 15.5. The van der Waals surface area contributed by atoms with Crippen LogP contribution in [0.1, 0.15) is 35.7 Å². The topological polar surface area (TPSA) is 126 Å². The van der Waals surface area contributed by atoms with E-state index in [1.165, 1.54) is 34.2 Å². The van der Waals surface area contributed by atoms with Crippen molar-refractivity contribution in [2.24, 2.45) is 0 Å². The van der Waals surface area contributed by atoms with Crippen LogP contribution in [-0.2, 0) is 27.8 Å². The van der Waals surface area contributed by atoms with Crippen LogP contribution < -0.4 is 4.74 Å². The first kappa shape index (κ1) is 23.8. The molecule has 0 bridgehead atoms. The molecule has 3 aromatic rings. The number of sulfonamides is 1. The van der Waals surface area contributed by atoms with Crippen molar-refractivity contribution >= 4 is 27.6 Å². The van der Waals surface area contributed by atoms with Gasteiger partial charge in [-0.15, -0.1) is 0 Å². The molecule has 0 saturated carbocycles. The minimum Gasteiger partial charge on any atom is -0.480 e. The zero-order valence-corrected chi connectivity index (χ0v) is 19.8. The highest BCUT2D eigenvalue weighted by Gasteiger charge is 2.34. The molecule has 0 amide bonds. The first-order valence-corrected chi connectivity index (χ1v) is 12.2. The fraction of sp³-hybridized carbons (Fsp3) is 0.261. The van der Waals surface area contributed by atoms with Gasteiger partial charge in [-0.25, -0.2) is 8.42 Å². The van der Waals surface area contributed by atoms with Crippen LogP contribution in [0.4, 0.5) is 0 Å². The van der Waals surface area contributed by atoms with E-state index in [1.807, 2.05) is 6.07 Å². The number of halogens is 1. The van der Waals surface area contributed by atoms with Crippen molar-refractivity contribution < 1.29 is 23.1 Å². The molecule has 9 nitrogen and oxygen atoms in total. The number of nitriles is 1. The molecule has 1 aliphatic carbocycles. The Labute approximate surface area is 201 Å². The van der Waals surface area contributed by atoms with Crippen LogP contribution in [0.2, 0.25) is 5.02 Å². The Morgan fingerprint density at radius 1 is 1.32 bits per heavy atom. The maximum absolute atomic E-state index is 13.4. The Hall–Kier alpha value is -3.39. The third-order valence-electron chi connectivity index (χ3n) is 5.75. The molecule has 0 unspecified atom stereocenters. The highest BCUT2D eigenvalue weighted by Crippen LogP contribution is 2.38. The van der Waals surface area contributed by atoms with Crippen LogP contribution in [0.25, 0.3) is 0 Å². The van der Waals surface area contributed by atoms with E-state index in [2.05, 4.69) is 5.10 Å². The third kappa shape index (κ3) is 4.63. The standard InChI is InChI=1S/C23H21ClN4O5S/c1-27(20-3-2-4-21-18(20)13-26-28(21)14-23(29)30)34(31,32)17-9-10-22(19(24)11-17)33-16-7-5-15(12-25)6-8-16/h5-11,13,20H,2-4,14H2,1H3,(H,29,30)/t20-/m1/s1. The molecule has 1 N–H and O–H groups in total. The Kier molecular flexibility index (Phi) is 6.61. The summed E-state index contributed by atoms with van der Waals surface area (Å²) in [6.07, 6.45) is 3.49. The molecule has 1 aliphatic rings. The summed E-state index contributed by atoms with van der Waals surface area (Å²) in [5.41, 5.74) is 1.94. The second-order valence-corrected chi connectivity index (χ2v) is 10.3. The number of hydrogen-bond acceptors (Lipinski definition) is 6. The van der Waals surface area contributed by atoms with Gasteiger partial charge in [0.15, 0.2) is 0 Å². The fourth-order valence-corrected chi connectivity index (χ4v) is 5.70. The highest BCUT2D eigenvalue weighted by molar-refractivity contribution is 7.89. The van der Waals surface area contributed by atoms with Crippen molar-refractivity contribution in [1.82, 2.24) is 14.1 Å². The molecule has 0 radical (unpaired) electrons. The summed E-state index contributed by atoms with van der Waals surface area (Å²) in [5.74, 6) is -0.267. The number of nitrogens with zero attached hydrogens (tertiary/aromatic N) is 4. The predicted molar refractivity (Wildman–Crippen MR) is 123 cm³/mol. The average Bonchev–Trinajstić information content (AvgIpc) is 3.22. The summed E-state index contributed by atoms with van der Waals surface area (Å²) >= 11 is 6.34. The molecule has 1 atom stereocenters. The number of fused-ring (bicyclic) bond motifs is 1. The molecule has 0 spiro atoms. The van der Waals surface area contributed by atoms with Crippen molar-refractivity contribution in [2.45, 2.75) is 36.7 Å². The smallest absolute Gasteiger partial charge is 0.325 e. The molecule has 2 aromatic carbocycles. The van der Waals surface area contributed by atoms with Crippen LogP contribution in [-0.4, -0.2) is 40.6 Å². The van der Waals surface area contributed by atoms with Gasteiger partial charge in [0.25, 0.3) is 0 Å². The van der Waals surface area contributed by atoms with Gasteiger partial charge in [0.2, 0.25) is 10.0 Å². The van der Waals surface area contributed by atoms with E-state index in [9.17, 15) is 13.2 Å². The van der Waals surface area contributed by atoms with Gasteiger partial charge < -0.3 is 9.84 Å². The molecule has 0 aliphatic heterocycles. The fourth-order valence-electron chi connectivity index (χ4n) is 4.02. The van der Waals surface area contributed by atoms with Gasteiger partial charge in [0, 0.05) is 18.3 Å². The number of hydrogen-bond donors (Lipinski definition) is 1. The number of aliphatic carboxylic acids is 1. The predicted octanol–water partition coefficient (Wildman–Crippen LogP) is 3.98. The number of benzene rings is 2. The van der Waals surface area contributed by atoms with Gasteiger partial charge in [0.05, 0.1) is 33.8 Å². The van der Waals surface area contributed by atoms with E-state index in [0.29, 0.717) is 36.1 Å². The summed E-state index contributed by atoms with van der Waals surface area (Å²) in [7, 11) is -2.41. The van der Waals surface area contributed by atoms with E-state index in [0.717, 1.165) is 5.69 Å². The minimum absolute atomic E-state index is 0.0113. The maximum atomic E-state index is 13.4. The molecule has 0 fully saturated rings. The molecular formula is C23H21ClN4O5S. The highest BCUT2D eigenvalue weighted by atomic mass is 35.5. The molecule has 1 aromatic heterocycles. The monoisotopic (exact) mass is 500 g/mol. The molecule has 11 heteroatoms. The number of carboxylic acids is 1. The van der Waals surface area contributed by atoms with Gasteiger partial charge in [-0.2, -0.15) is 14.7 Å². The van der Waals surface area contributed by atoms with Crippen molar-refractivity contribution in [3.63, 3.8) is 0 Å². The lowest BCUT2D eigenvalue weighted by atomic mass is 9.93. The second kappa shape index (κ2) is 9.46.